The third-order valence-corrected chi connectivity index (χ3v) is 5.21. The number of carbonyl (C=O) groups excluding carboxylic acids is 1. The quantitative estimate of drug-likeness (QED) is 0.464. The van der Waals surface area contributed by atoms with Gasteiger partial charge in [-0.25, -0.2) is 9.37 Å². The highest BCUT2D eigenvalue weighted by Gasteiger charge is 2.20. The van der Waals surface area contributed by atoms with Crippen molar-refractivity contribution in [2.75, 3.05) is 5.32 Å². The van der Waals surface area contributed by atoms with E-state index in [2.05, 4.69) is 26.2 Å². The smallest absolute Gasteiger partial charge is 0.222 e. The highest BCUT2D eigenvalue weighted by Crippen LogP contribution is 2.44. The molecule has 1 aromatic heterocycles. The number of thioether (sulfide) groups is 1. The first kappa shape index (κ1) is 18.5. The summed E-state index contributed by atoms with van der Waals surface area (Å²) in [4.78, 5) is 16.2. The van der Waals surface area contributed by atoms with Crippen LogP contribution in [0.25, 0.3) is 0 Å². The number of hydrogen-bond donors (Lipinski definition) is 1. The number of benzene rings is 1. The summed E-state index contributed by atoms with van der Waals surface area (Å²) in [6, 6.07) is 4.53. The van der Waals surface area contributed by atoms with Gasteiger partial charge in [0.25, 0.3) is 0 Å². The molecule has 1 amide bonds. The molecule has 2 aromatic rings. The second-order valence-electron chi connectivity index (χ2n) is 4.70. The summed E-state index contributed by atoms with van der Waals surface area (Å²) < 4.78 is 14.5. The molecule has 0 bridgehead atoms. The van der Waals surface area contributed by atoms with Gasteiger partial charge in [0.15, 0.2) is 0 Å². The summed E-state index contributed by atoms with van der Waals surface area (Å²) >= 11 is 16.9. The van der Waals surface area contributed by atoms with Gasteiger partial charge < -0.3 is 5.32 Å². The normalized spacial score (nSPS) is 12.1. The number of anilines is 1. The van der Waals surface area contributed by atoms with E-state index in [-0.39, 0.29) is 16.2 Å². The molecule has 0 aliphatic carbocycles. The summed E-state index contributed by atoms with van der Waals surface area (Å²) in [6.07, 6.45) is 1.59. The SMILES string of the molecule is CC(=O)Nc1ncc(Br)cc1SC(C)c1c(Cl)ccc(F)c1Cl. The fourth-order valence-electron chi connectivity index (χ4n) is 1.94. The van der Waals surface area contributed by atoms with Crippen molar-refractivity contribution < 1.29 is 9.18 Å². The van der Waals surface area contributed by atoms with E-state index >= 15 is 0 Å². The lowest BCUT2D eigenvalue weighted by atomic mass is 10.1. The van der Waals surface area contributed by atoms with Gasteiger partial charge in [0.05, 0.1) is 9.92 Å². The minimum Gasteiger partial charge on any atom is -0.310 e. The Morgan fingerprint density at radius 2 is 2.13 bits per heavy atom. The Balaban J connectivity index is 2.37. The van der Waals surface area contributed by atoms with Crippen LogP contribution in [0.15, 0.2) is 33.8 Å². The molecule has 0 fully saturated rings. The van der Waals surface area contributed by atoms with Crippen LogP contribution < -0.4 is 5.32 Å². The fraction of sp³-hybridized carbons (Fsp3) is 0.200. The Kier molecular flexibility index (Phi) is 6.31. The minimum absolute atomic E-state index is 0.00142. The summed E-state index contributed by atoms with van der Waals surface area (Å²) in [5.74, 6) is -0.315. The molecule has 1 unspecified atom stereocenters. The number of halogens is 4. The zero-order valence-corrected chi connectivity index (χ0v) is 16.1. The highest BCUT2D eigenvalue weighted by molar-refractivity contribution is 9.10. The van der Waals surface area contributed by atoms with Crippen molar-refractivity contribution in [2.45, 2.75) is 24.0 Å². The molecule has 0 spiro atoms. The Labute approximate surface area is 156 Å². The van der Waals surface area contributed by atoms with E-state index in [1.807, 2.05) is 13.0 Å². The molecule has 122 valence electrons. The number of hydrogen-bond acceptors (Lipinski definition) is 3. The number of nitrogens with one attached hydrogen (secondary N) is 1. The maximum Gasteiger partial charge on any atom is 0.222 e. The monoisotopic (exact) mass is 436 g/mol. The summed E-state index contributed by atoms with van der Waals surface area (Å²) in [5.41, 5.74) is 0.507. The van der Waals surface area contributed by atoms with Crippen molar-refractivity contribution in [2.24, 2.45) is 0 Å². The number of aromatic nitrogens is 1. The van der Waals surface area contributed by atoms with Crippen LogP contribution in [0.2, 0.25) is 10.0 Å². The van der Waals surface area contributed by atoms with Crippen molar-refractivity contribution >= 4 is 62.6 Å². The van der Waals surface area contributed by atoms with Crippen LogP contribution in [-0.4, -0.2) is 10.9 Å². The van der Waals surface area contributed by atoms with Gasteiger partial charge in [-0.1, -0.05) is 23.2 Å². The van der Waals surface area contributed by atoms with Crippen molar-refractivity contribution in [1.29, 1.82) is 0 Å². The minimum atomic E-state index is -0.520. The molecule has 0 saturated heterocycles. The van der Waals surface area contributed by atoms with Crippen LogP contribution in [0.4, 0.5) is 10.2 Å². The van der Waals surface area contributed by atoms with E-state index in [9.17, 15) is 9.18 Å². The summed E-state index contributed by atoms with van der Waals surface area (Å²) in [5, 5.41) is 2.82. The third kappa shape index (κ3) is 4.59. The fourth-order valence-corrected chi connectivity index (χ4v) is 4.40. The zero-order chi connectivity index (χ0) is 17.1. The highest BCUT2D eigenvalue weighted by atomic mass is 79.9. The van der Waals surface area contributed by atoms with Gasteiger partial charge >= 0.3 is 0 Å². The van der Waals surface area contributed by atoms with Gasteiger partial charge in [0.1, 0.15) is 11.6 Å². The van der Waals surface area contributed by atoms with Crippen molar-refractivity contribution in [3.8, 4) is 0 Å². The van der Waals surface area contributed by atoms with E-state index < -0.39 is 5.82 Å². The van der Waals surface area contributed by atoms with E-state index in [1.165, 1.54) is 30.8 Å². The van der Waals surface area contributed by atoms with Crippen molar-refractivity contribution in [3.05, 3.63) is 50.3 Å². The van der Waals surface area contributed by atoms with Gasteiger partial charge in [-0.3, -0.25) is 4.79 Å². The molecular formula is C15H12BrCl2FN2OS. The van der Waals surface area contributed by atoms with Crippen LogP contribution in [0, 0.1) is 5.82 Å². The molecule has 0 aliphatic rings. The predicted molar refractivity (Wildman–Crippen MR) is 96.9 cm³/mol. The molecule has 23 heavy (non-hydrogen) atoms. The topological polar surface area (TPSA) is 42.0 Å². The lowest BCUT2D eigenvalue weighted by molar-refractivity contribution is -0.114. The standard InChI is InChI=1S/C15H12BrCl2FN2OS/c1-7(13-10(17)3-4-11(19)14(13)18)23-12-5-9(16)6-20-15(12)21-8(2)22/h3-7H,1-2H3,(H,20,21,22). The van der Waals surface area contributed by atoms with E-state index in [4.69, 9.17) is 23.2 Å². The molecule has 1 N–H and O–H groups in total. The number of carbonyl (C=O) groups is 1. The zero-order valence-electron chi connectivity index (χ0n) is 12.2. The average Bonchev–Trinajstić information content (AvgIpc) is 2.46. The number of amides is 1. The molecule has 1 heterocycles. The molecule has 2 rings (SSSR count). The van der Waals surface area contributed by atoms with E-state index in [0.29, 0.717) is 16.4 Å². The van der Waals surface area contributed by atoms with Crippen molar-refractivity contribution in [3.63, 3.8) is 0 Å². The Hall–Kier alpha value is -0.820. The Morgan fingerprint density at radius 3 is 2.78 bits per heavy atom. The lowest BCUT2D eigenvalue weighted by Gasteiger charge is -2.17. The van der Waals surface area contributed by atoms with Gasteiger partial charge in [-0.15, -0.1) is 11.8 Å². The van der Waals surface area contributed by atoms with Crippen LogP contribution in [0.1, 0.15) is 24.7 Å². The largest absolute Gasteiger partial charge is 0.310 e. The van der Waals surface area contributed by atoms with Gasteiger partial charge in [0, 0.05) is 33.4 Å². The third-order valence-electron chi connectivity index (χ3n) is 2.90. The Bertz CT molecular complexity index is 760. The first-order chi connectivity index (χ1) is 10.8. The molecule has 8 heteroatoms. The summed E-state index contributed by atoms with van der Waals surface area (Å²) in [6.45, 7) is 3.26. The van der Waals surface area contributed by atoms with Crippen molar-refractivity contribution in [1.82, 2.24) is 4.98 Å². The van der Waals surface area contributed by atoms with Crippen LogP contribution in [-0.2, 0) is 4.79 Å². The van der Waals surface area contributed by atoms with Crippen LogP contribution >= 0.6 is 50.9 Å². The maximum atomic E-state index is 13.7. The first-order valence-corrected chi connectivity index (χ1v) is 8.95. The summed E-state index contributed by atoms with van der Waals surface area (Å²) in [7, 11) is 0. The van der Waals surface area contributed by atoms with Gasteiger partial charge in [0.2, 0.25) is 5.91 Å². The first-order valence-electron chi connectivity index (χ1n) is 6.52. The lowest BCUT2D eigenvalue weighted by Crippen LogP contribution is -2.08. The second-order valence-corrected chi connectivity index (χ2v) is 7.78. The molecule has 0 aliphatic heterocycles. The maximum absolute atomic E-state index is 13.7. The number of nitrogens with zero attached hydrogens (tertiary/aromatic N) is 1. The second kappa shape index (κ2) is 7.83. The van der Waals surface area contributed by atoms with Crippen LogP contribution in [0.3, 0.4) is 0 Å². The Morgan fingerprint density at radius 1 is 1.43 bits per heavy atom. The molecule has 1 atom stereocenters. The predicted octanol–water partition coefficient (Wildman–Crippen LogP) is 6.10. The molecule has 3 nitrogen and oxygen atoms in total. The molecular weight excluding hydrogens is 426 g/mol. The molecule has 0 saturated carbocycles. The number of rotatable bonds is 4. The van der Waals surface area contributed by atoms with E-state index in [0.717, 1.165) is 9.37 Å². The van der Waals surface area contributed by atoms with Crippen LogP contribution in [0.5, 0.6) is 0 Å². The van der Waals surface area contributed by atoms with Gasteiger partial charge in [-0.2, -0.15) is 0 Å². The molecule has 1 aromatic carbocycles. The van der Waals surface area contributed by atoms with Gasteiger partial charge in [-0.05, 0) is 41.1 Å². The number of pyridine rings is 1. The van der Waals surface area contributed by atoms with E-state index in [1.54, 1.807) is 6.20 Å². The average molecular weight is 438 g/mol. The molecule has 0 radical (unpaired) electrons.